The molecular formula is C25H30OS. The molecule has 2 heteroatoms. The fourth-order valence-electron chi connectivity index (χ4n) is 5.55. The molecule has 2 aliphatic rings. The maximum atomic E-state index is 5.83. The molecule has 0 spiro atoms. The SMILES string of the molecule is COc1ccc(C2CCCCC2)c2sc3c(C4CCCCC4)cccc3c12. The highest BCUT2D eigenvalue weighted by molar-refractivity contribution is 7.26. The predicted octanol–water partition coefficient (Wildman–Crippen LogP) is 8.16. The second-order valence-corrected chi connectivity index (χ2v) is 9.58. The standard InChI is InChI=1S/C25H30OS/c1-26-22-16-15-20(18-11-6-3-7-12-18)25-23(22)21-14-8-13-19(24(21)27-25)17-9-4-2-5-10-17/h8,13-18H,2-7,9-12H2,1H3. The third kappa shape index (κ3) is 3.06. The van der Waals surface area contributed by atoms with E-state index in [0.717, 1.165) is 17.6 Å². The Hall–Kier alpha value is -1.54. The van der Waals surface area contributed by atoms with E-state index in [1.807, 2.05) is 7.11 Å². The monoisotopic (exact) mass is 378 g/mol. The van der Waals surface area contributed by atoms with Crippen LogP contribution >= 0.6 is 11.3 Å². The number of benzene rings is 2. The van der Waals surface area contributed by atoms with E-state index in [2.05, 4.69) is 41.7 Å². The number of fused-ring (bicyclic) bond motifs is 3. The van der Waals surface area contributed by atoms with Gasteiger partial charge in [0.15, 0.2) is 0 Å². The summed E-state index contributed by atoms with van der Waals surface area (Å²) in [6.45, 7) is 0. The van der Waals surface area contributed by atoms with Gasteiger partial charge in [0.25, 0.3) is 0 Å². The van der Waals surface area contributed by atoms with Gasteiger partial charge in [-0.15, -0.1) is 11.3 Å². The summed E-state index contributed by atoms with van der Waals surface area (Å²) in [7, 11) is 1.82. The van der Waals surface area contributed by atoms with Crippen molar-refractivity contribution >= 4 is 31.5 Å². The summed E-state index contributed by atoms with van der Waals surface area (Å²) < 4.78 is 8.86. The minimum absolute atomic E-state index is 0.735. The van der Waals surface area contributed by atoms with Gasteiger partial charge in [0.2, 0.25) is 0 Å². The number of ether oxygens (including phenoxy) is 1. The van der Waals surface area contributed by atoms with Gasteiger partial charge in [0.1, 0.15) is 5.75 Å². The van der Waals surface area contributed by atoms with Crippen molar-refractivity contribution in [1.82, 2.24) is 0 Å². The molecule has 2 saturated carbocycles. The first kappa shape index (κ1) is 17.6. The van der Waals surface area contributed by atoms with E-state index in [-0.39, 0.29) is 0 Å². The summed E-state index contributed by atoms with van der Waals surface area (Å²) in [4.78, 5) is 0. The van der Waals surface area contributed by atoms with E-state index in [0.29, 0.717) is 0 Å². The van der Waals surface area contributed by atoms with Crippen molar-refractivity contribution in [2.24, 2.45) is 0 Å². The van der Waals surface area contributed by atoms with Crippen molar-refractivity contribution in [2.75, 3.05) is 7.11 Å². The van der Waals surface area contributed by atoms with E-state index in [1.54, 1.807) is 11.1 Å². The van der Waals surface area contributed by atoms with Gasteiger partial charge in [0, 0.05) is 20.2 Å². The van der Waals surface area contributed by atoms with E-state index >= 15 is 0 Å². The first-order chi connectivity index (χ1) is 13.4. The fourth-order valence-corrected chi connectivity index (χ4v) is 7.06. The van der Waals surface area contributed by atoms with Crippen molar-refractivity contribution in [1.29, 1.82) is 0 Å². The minimum Gasteiger partial charge on any atom is -0.496 e. The van der Waals surface area contributed by atoms with Crippen LogP contribution in [0.1, 0.15) is 87.2 Å². The summed E-state index contributed by atoms with van der Waals surface area (Å²) >= 11 is 2.05. The van der Waals surface area contributed by atoms with Gasteiger partial charge in [-0.2, -0.15) is 0 Å². The van der Waals surface area contributed by atoms with Gasteiger partial charge in [-0.05, 0) is 54.7 Å². The van der Waals surface area contributed by atoms with E-state index in [1.165, 1.54) is 84.4 Å². The molecular weight excluding hydrogens is 348 g/mol. The van der Waals surface area contributed by atoms with Gasteiger partial charge in [-0.3, -0.25) is 0 Å². The van der Waals surface area contributed by atoms with Crippen molar-refractivity contribution in [2.45, 2.75) is 76.0 Å². The first-order valence-corrected chi connectivity index (χ1v) is 11.7. The van der Waals surface area contributed by atoms with Crippen LogP contribution in [0.15, 0.2) is 30.3 Å². The lowest BCUT2D eigenvalue weighted by atomic mass is 9.83. The van der Waals surface area contributed by atoms with Gasteiger partial charge in [-0.1, -0.05) is 62.8 Å². The van der Waals surface area contributed by atoms with E-state index in [9.17, 15) is 0 Å². The molecule has 0 saturated heterocycles. The van der Waals surface area contributed by atoms with Crippen LogP contribution in [0.4, 0.5) is 0 Å². The molecule has 0 amide bonds. The lowest BCUT2D eigenvalue weighted by molar-refractivity contribution is 0.419. The second kappa shape index (κ2) is 7.47. The van der Waals surface area contributed by atoms with Crippen molar-refractivity contribution in [3.8, 4) is 5.75 Å². The van der Waals surface area contributed by atoms with Crippen LogP contribution in [-0.2, 0) is 0 Å². The Kier molecular flexibility index (Phi) is 4.85. The number of hydrogen-bond donors (Lipinski definition) is 0. The van der Waals surface area contributed by atoms with Gasteiger partial charge in [-0.25, -0.2) is 0 Å². The van der Waals surface area contributed by atoms with E-state index < -0.39 is 0 Å². The summed E-state index contributed by atoms with van der Waals surface area (Å²) in [5.41, 5.74) is 3.19. The highest BCUT2D eigenvalue weighted by Crippen LogP contribution is 2.48. The number of rotatable bonds is 3. The van der Waals surface area contributed by atoms with Crippen molar-refractivity contribution in [3.05, 3.63) is 41.5 Å². The molecule has 0 unspecified atom stereocenters. The summed E-state index contributed by atoms with van der Waals surface area (Å²) in [5, 5.41) is 2.80. The van der Waals surface area contributed by atoms with Crippen LogP contribution in [0.2, 0.25) is 0 Å². The maximum absolute atomic E-state index is 5.83. The molecule has 0 bridgehead atoms. The maximum Gasteiger partial charge on any atom is 0.128 e. The van der Waals surface area contributed by atoms with Crippen LogP contribution in [0.3, 0.4) is 0 Å². The lowest BCUT2D eigenvalue weighted by Gasteiger charge is -2.23. The van der Waals surface area contributed by atoms with E-state index in [4.69, 9.17) is 4.74 Å². The molecule has 0 radical (unpaired) electrons. The average molecular weight is 379 g/mol. The average Bonchev–Trinajstić information content (AvgIpc) is 3.14. The molecule has 142 valence electrons. The van der Waals surface area contributed by atoms with Crippen LogP contribution in [-0.4, -0.2) is 7.11 Å². The third-order valence-corrected chi connectivity index (χ3v) is 8.28. The zero-order chi connectivity index (χ0) is 18.2. The molecule has 3 aromatic rings. The number of hydrogen-bond acceptors (Lipinski definition) is 2. The van der Waals surface area contributed by atoms with Crippen molar-refractivity contribution in [3.63, 3.8) is 0 Å². The number of thiophene rings is 1. The largest absolute Gasteiger partial charge is 0.496 e. The Morgan fingerprint density at radius 1 is 0.741 bits per heavy atom. The van der Waals surface area contributed by atoms with Gasteiger partial charge >= 0.3 is 0 Å². The summed E-state index contributed by atoms with van der Waals surface area (Å²) in [5.74, 6) is 2.54. The van der Waals surface area contributed by atoms with Crippen LogP contribution in [0, 0.1) is 0 Å². The summed E-state index contributed by atoms with van der Waals surface area (Å²) in [6.07, 6.45) is 13.8. The third-order valence-electron chi connectivity index (χ3n) is 6.98. The smallest absolute Gasteiger partial charge is 0.128 e. The molecule has 2 fully saturated rings. The fraction of sp³-hybridized carbons (Fsp3) is 0.520. The Balaban J connectivity index is 1.72. The molecule has 2 aliphatic carbocycles. The Bertz CT molecular complexity index is 942. The second-order valence-electron chi connectivity index (χ2n) is 8.56. The molecule has 1 heterocycles. The van der Waals surface area contributed by atoms with Crippen LogP contribution in [0.5, 0.6) is 5.75 Å². The Morgan fingerprint density at radius 3 is 2.00 bits per heavy atom. The predicted molar refractivity (Wildman–Crippen MR) is 118 cm³/mol. The molecule has 27 heavy (non-hydrogen) atoms. The Labute approximate surface area is 166 Å². The molecule has 5 rings (SSSR count). The van der Waals surface area contributed by atoms with Crippen molar-refractivity contribution < 1.29 is 4.74 Å². The number of methoxy groups -OCH3 is 1. The molecule has 0 N–H and O–H groups in total. The molecule has 1 aromatic heterocycles. The van der Waals surface area contributed by atoms with Gasteiger partial charge in [0.05, 0.1) is 7.11 Å². The minimum atomic E-state index is 0.735. The molecule has 0 aliphatic heterocycles. The lowest BCUT2D eigenvalue weighted by Crippen LogP contribution is -2.04. The Morgan fingerprint density at radius 2 is 1.37 bits per heavy atom. The molecule has 1 nitrogen and oxygen atoms in total. The van der Waals surface area contributed by atoms with Crippen LogP contribution in [0.25, 0.3) is 20.2 Å². The molecule has 2 aromatic carbocycles. The first-order valence-electron chi connectivity index (χ1n) is 10.9. The van der Waals surface area contributed by atoms with Crippen LogP contribution < -0.4 is 4.74 Å². The quantitative estimate of drug-likeness (QED) is 0.446. The topological polar surface area (TPSA) is 9.23 Å². The highest BCUT2D eigenvalue weighted by atomic mass is 32.1. The zero-order valence-corrected chi connectivity index (χ0v) is 17.2. The zero-order valence-electron chi connectivity index (χ0n) is 16.4. The summed E-state index contributed by atoms with van der Waals surface area (Å²) in [6, 6.07) is 11.6. The molecule has 0 atom stereocenters. The van der Waals surface area contributed by atoms with Gasteiger partial charge < -0.3 is 4.74 Å². The highest BCUT2D eigenvalue weighted by Gasteiger charge is 2.24. The normalized spacial score (nSPS) is 19.7.